The first-order valence-corrected chi connectivity index (χ1v) is 12.2. The molecule has 0 spiro atoms. The van der Waals surface area contributed by atoms with Crippen LogP contribution in [-0.2, 0) is 10.5 Å². The number of carbonyl (C=O) groups excluding carboxylic acids is 1. The number of benzene rings is 2. The van der Waals surface area contributed by atoms with Crippen LogP contribution >= 0.6 is 11.8 Å². The van der Waals surface area contributed by atoms with E-state index in [1.807, 2.05) is 73.3 Å². The number of ether oxygens (including phenoxy) is 1. The van der Waals surface area contributed by atoms with Crippen molar-refractivity contribution >= 4 is 24.4 Å². The molecule has 172 valence electrons. The summed E-state index contributed by atoms with van der Waals surface area (Å²) in [7, 11) is 0. The van der Waals surface area contributed by atoms with Crippen molar-refractivity contribution in [3.8, 4) is 11.5 Å². The maximum absolute atomic E-state index is 13.0. The Kier molecular flexibility index (Phi) is 11.0. The predicted molar refractivity (Wildman–Crippen MR) is 137 cm³/mol. The maximum Gasteiger partial charge on any atom is 0.261 e. The van der Waals surface area contributed by atoms with Gasteiger partial charge in [0.2, 0.25) is 0 Å². The molecule has 32 heavy (non-hydrogen) atoms. The zero-order valence-electron chi connectivity index (χ0n) is 19.7. The smallest absolute Gasteiger partial charge is 0.261 e. The molecule has 1 saturated heterocycles. The minimum absolute atomic E-state index is 0.0415. The van der Waals surface area contributed by atoms with Gasteiger partial charge < -0.3 is 9.64 Å². The molecule has 3 rings (SSSR count). The van der Waals surface area contributed by atoms with Gasteiger partial charge in [-0.05, 0) is 50.4 Å². The van der Waals surface area contributed by atoms with Gasteiger partial charge in [0.1, 0.15) is 11.5 Å². The van der Waals surface area contributed by atoms with Crippen LogP contribution in [0.4, 0.5) is 0 Å². The van der Waals surface area contributed by atoms with Gasteiger partial charge >= 0.3 is 0 Å². The van der Waals surface area contributed by atoms with Crippen molar-refractivity contribution in [3.63, 3.8) is 0 Å². The first kappa shape index (κ1) is 25.7. The Bertz CT molecular complexity index is 858. The SMILES string of the molecule is C=N/C=C(\SCc1ccc(Oc2ccccc2)cc1)C(=O)N1CCN(C(C)C)CC1.CC. The number of thioether (sulfide) groups is 1. The van der Waals surface area contributed by atoms with E-state index in [2.05, 4.69) is 30.5 Å². The molecule has 5 nitrogen and oxygen atoms in total. The van der Waals surface area contributed by atoms with Gasteiger partial charge in [0.15, 0.2) is 0 Å². The Balaban J connectivity index is 0.00000176. The van der Waals surface area contributed by atoms with Crippen LogP contribution in [0.3, 0.4) is 0 Å². The molecule has 0 radical (unpaired) electrons. The molecule has 1 aliphatic rings. The highest BCUT2D eigenvalue weighted by Crippen LogP contribution is 2.27. The lowest BCUT2D eigenvalue weighted by atomic mass is 10.2. The fourth-order valence-electron chi connectivity index (χ4n) is 3.27. The van der Waals surface area contributed by atoms with Crippen molar-refractivity contribution in [1.82, 2.24) is 9.80 Å². The average Bonchev–Trinajstić information content (AvgIpc) is 2.84. The summed E-state index contributed by atoms with van der Waals surface area (Å²) in [6, 6.07) is 18.2. The molecule has 0 bridgehead atoms. The van der Waals surface area contributed by atoms with Crippen LogP contribution < -0.4 is 4.74 Å². The van der Waals surface area contributed by atoms with Gasteiger partial charge in [-0.3, -0.25) is 14.7 Å². The second-order valence-electron chi connectivity index (χ2n) is 7.45. The van der Waals surface area contributed by atoms with Crippen molar-refractivity contribution in [2.45, 2.75) is 39.5 Å². The summed E-state index contributed by atoms with van der Waals surface area (Å²) in [6.45, 7) is 15.2. The second-order valence-corrected chi connectivity index (χ2v) is 8.46. The van der Waals surface area contributed by atoms with Gasteiger partial charge in [0.25, 0.3) is 5.91 Å². The molecule has 0 aromatic heterocycles. The highest BCUT2D eigenvalue weighted by molar-refractivity contribution is 8.03. The first-order chi connectivity index (χ1) is 15.6. The fraction of sp³-hybridized carbons (Fsp3) is 0.385. The topological polar surface area (TPSA) is 45.1 Å². The van der Waals surface area contributed by atoms with Gasteiger partial charge in [-0.15, -0.1) is 11.8 Å². The lowest BCUT2D eigenvalue weighted by molar-refractivity contribution is -0.128. The van der Waals surface area contributed by atoms with Gasteiger partial charge in [-0.2, -0.15) is 0 Å². The fourth-order valence-corrected chi connectivity index (χ4v) is 4.19. The van der Waals surface area contributed by atoms with Crippen LogP contribution in [0.5, 0.6) is 11.5 Å². The summed E-state index contributed by atoms with van der Waals surface area (Å²) in [4.78, 5) is 21.8. The third kappa shape index (κ3) is 7.84. The number of aliphatic imine (C=N–C) groups is 1. The first-order valence-electron chi connectivity index (χ1n) is 11.2. The normalized spacial score (nSPS) is 14.5. The van der Waals surface area contributed by atoms with E-state index in [9.17, 15) is 4.79 Å². The van der Waals surface area contributed by atoms with Crippen LogP contribution in [0.15, 0.2) is 70.7 Å². The number of amides is 1. The number of piperazine rings is 1. The van der Waals surface area contributed by atoms with Crippen molar-refractivity contribution in [2.75, 3.05) is 26.2 Å². The molecule has 1 heterocycles. The van der Waals surface area contributed by atoms with E-state index in [0.29, 0.717) is 16.7 Å². The number of hydrogen-bond acceptors (Lipinski definition) is 5. The monoisotopic (exact) mass is 453 g/mol. The summed E-state index contributed by atoms with van der Waals surface area (Å²) in [5.74, 6) is 2.33. The van der Waals surface area contributed by atoms with Gasteiger partial charge in [0, 0.05) is 44.2 Å². The summed E-state index contributed by atoms with van der Waals surface area (Å²) < 4.78 is 5.83. The number of rotatable bonds is 8. The zero-order valence-corrected chi connectivity index (χ0v) is 20.5. The van der Waals surface area contributed by atoms with Crippen LogP contribution in [0.2, 0.25) is 0 Å². The minimum Gasteiger partial charge on any atom is -0.457 e. The third-order valence-electron chi connectivity index (χ3n) is 5.05. The molecule has 0 saturated carbocycles. The standard InChI is InChI=1S/C24H29N3O2S.C2H6/c1-19(2)26-13-15-27(16-14-26)24(28)23(17-25-3)30-18-20-9-11-22(12-10-20)29-21-7-5-4-6-8-21;1-2/h4-12,17,19H,3,13-16,18H2,1-2H3;1-2H3/b23-17-;. The van der Waals surface area contributed by atoms with E-state index in [-0.39, 0.29) is 5.91 Å². The van der Waals surface area contributed by atoms with E-state index < -0.39 is 0 Å². The maximum atomic E-state index is 13.0. The molecule has 6 heteroatoms. The van der Waals surface area contributed by atoms with Gasteiger partial charge in [-0.1, -0.05) is 44.2 Å². The van der Waals surface area contributed by atoms with Crippen molar-refractivity contribution in [2.24, 2.45) is 4.99 Å². The molecule has 1 amide bonds. The number of para-hydroxylation sites is 1. The Morgan fingerprint density at radius 3 is 2.19 bits per heavy atom. The summed E-state index contributed by atoms with van der Waals surface area (Å²) in [5.41, 5.74) is 1.12. The van der Waals surface area contributed by atoms with Crippen LogP contribution in [-0.4, -0.2) is 54.6 Å². The Hall–Kier alpha value is -2.57. The Labute approximate surface area is 197 Å². The summed E-state index contributed by atoms with van der Waals surface area (Å²) >= 11 is 1.50. The average molecular weight is 454 g/mol. The van der Waals surface area contributed by atoms with Crippen LogP contribution in [0, 0.1) is 0 Å². The highest BCUT2D eigenvalue weighted by Gasteiger charge is 2.24. The quantitative estimate of drug-likeness (QED) is 0.372. The summed E-state index contributed by atoms with van der Waals surface area (Å²) in [5, 5.41) is 0. The van der Waals surface area contributed by atoms with E-state index in [4.69, 9.17) is 4.74 Å². The molecule has 1 aliphatic heterocycles. The Morgan fingerprint density at radius 1 is 1.03 bits per heavy atom. The van der Waals surface area contributed by atoms with Crippen LogP contribution in [0.1, 0.15) is 33.3 Å². The van der Waals surface area contributed by atoms with E-state index in [0.717, 1.165) is 43.2 Å². The second kappa shape index (κ2) is 13.8. The molecule has 1 fully saturated rings. The van der Waals surface area contributed by atoms with Crippen LogP contribution in [0.25, 0.3) is 0 Å². The number of carbonyl (C=O) groups is 1. The molecule has 0 unspecified atom stereocenters. The minimum atomic E-state index is 0.0415. The number of hydrogen-bond donors (Lipinski definition) is 0. The number of nitrogens with zero attached hydrogens (tertiary/aromatic N) is 3. The molecule has 0 N–H and O–H groups in total. The molecular weight excluding hydrogens is 418 g/mol. The van der Waals surface area contributed by atoms with Gasteiger partial charge in [0.05, 0.1) is 4.91 Å². The van der Waals surface area contributed by atoms with Crippen molar-refractivity contribution < 1.29 is 9.53 Å². The van der Waals surface area contributed by atoms with Crippen molar-refractivity contribution in [1.29, 1.82) is 0 Å². The molecule has 0 aliphatic carbocycles. The summed E-state index contributed by atoms with van der Waals surface area (Å²) in [6.07, 6.45) is 1.58. The molecule has 2 aromatic rings. The molecule has 2 aromatic carbocycles. The van der Waals surface area contributed by atoms with Crippen molar-refractivity contribution in [3.05, 3.63) is 71.3 Å². The molecular formula is C26H35N3O2S. The third-order valence-corrected chi connectivity index (χ3v) is 6.12. The zero-order chi connectivity index (χ0) is 23.3. The highest BCUT2D eigenvalue weighted by atomic mass is 32.2. The largest absolute Gasteiger partial charge is 0.457 e. The predicted octanol–water partition coefficient (Wildman–Crippen LogP) is 5.83. The van der Waals surface area contributed by atoms with E-state index in [1.54, 1.807) is 6.20 Å². The van der Waals surface area contributed by atoms with E-state index in [1.165, 1.54) is 11.8 Å². The lowest BCUT2D eigenvalue weighted by Gasteiger charge is -2.37. The van der Waals surface area contributed by atoms with E-state index >= 15 is 0 Å². The lowest BCUT2D eigenvalue weighted by Crippen LogP contribution is -2.50. The van der Waals surface area contributed by atoms with Gasteiger partial charge in [-0.25, -0.2) is 0 Å². The Morgan fingerprint density at radius 2 is 1.62 bits per heavy atom. The molecule has 0 atom stereocenters.